The van der Waals surface area contributed by atoms with Crippen molar-refractivity contribution in [3.8, 4) is 11.5 Å². The highest BCUT2D eigenvalue weighted by Gasteiger charge is 2.09. The van der Waals surface area contributed by atoms with Crippen LogP contribution < -0.4 is 9.47 Å². The van der Waals surface area contributed by atoms with Crippen LogP contribution >= 0.6 is 0 Å². The lowest BCUT2D eigenvalue weighted by atomic mass is 10.1. The van der Waals surface area contributed by atoms with E-state index in [1.807, 2.05) is 0 Å². The van der Waals surface area contributed by atoms with Crippen molar-refractivity contribution in [2.75, 3.05) is 7.11 Å². The van der Waals surface area contributed by atoms with Gasteiger partial charge in [-0.3, -0.25) is 4.79 Å². The number of carboxylic acids is 1. The van der Waals surface area contributed by atoms with Crippen LogP contribution in [-0.2, 0) is 6.61 Å². The molecule has 0 aromatic heterocycles. The van der Waals surface area contributed by atoms with Crippen molar-refractivity contribution in [1.82, 2.24) is 0 Å². The van der Waals surface area contributed by atoms with Crippen molar-refractivity contribution in [3.63, 3.8) is 0 Å². The lowest BCUT2D eigenvalue weighted by molar-refractivity contribution is 0.0696. The van der Waals surface area contributed by atoms with Gasteiger partial charge in [0.2, 0.25) is 0 Å². The molecule has 114 valence electrons. The molecule has 1 N–H and O–H groups in total. The van der Waals surface area contributed by atoms with E-state index in [0.29, 0.717) is 23.7 Å². The quantitative estimate of drug-likeness (QED) is 0.829. The third-order valence-electron chi connectivity index (χ3n) is 3.16. The molecule has 0 aliphatic heterocycles. The molecule has 2 aromatic rings. The average molecular weight is 300 g/mol. The Kier molecular flexibility index (Phi) is 4.78. The molecule has 0 atom stereocenters. The molecule has 0 heterocycles. The number of hydrogen-bond acceptors (Lipinski definition) is 4. The number of ketones is 1. The van der Waals surface area contributed by atoms with Gasteiger partial charge in [-0.15, -0.1) is 0 Å². The van der Waals surface area contributed by atoms with Gasteiger partial charge >= 0.3 is 5.97 Å². The summed E-state index contributed by atoms with van der Waals surface area (Å²) in [7, 11) is 1.50. The lowest BCUT2D eigenvalue weighted by Crippen LogP contribution is -2.01. The molecule has 2 aromatic carbocycles. The number of benzene rings is 2. The van der Waals surface area contributed by atoms with Crippen LogP contribution in [0.5, 0.6) is 11.5 Å². The number of Topliss-reactive ketones (excluding diaryl/α,β-unsaturated/α-hetero) is 1. The SMILES string of the molecule is COc1cc(OCc2ccc(C(=O)O)cc2)ccc1C(C)=O. The van der Waals surface area contributed by atoms with Crippen molar-refractivity contribution in [1.29, 1.82) is 0 Å². The standard InChI is InChI=1S/C17H16O5/c1-11(18)15-8-7-14(9-16(15)21-2)22-10-12-3-5-13(6-4-12)17(19)20/h3-9H,10H2,1-2H3,(H,19,20). The third-order valence-corrected chi connectivity index (χ3v) is 3.16. The Balaban J connectivity index is 2.08. The highest BCUT2D eigenvalue weighted by molar-refractivity contribution is 5.97. The Hall–Kier alpha value is -2.82. The molecule has 0 fully saturated rings. The van der Waals surface area contributed by atoms with E-state index < -0.39 is 5.97 Å². The number of carbonyl (C=O) groups excluding carboxylic acids is 1. The Morgan fingerprint density at radius 3 is 2.32 bits per heavy atom. The minimum atomic E-state index is -0.961. The molecule has 5 heteroatoms. The number of methoxy groups -OCH3 is 1. The molecule has 0 spiro atoms. The first-order valence-electron chi connectivity index (χ1n) is 6.65. The molecule has 0 aliphatic rings. The third kappa shape index (κ3) is 3.63. The summed E-state index contributed by atoms with van der Waals surface area (Å²) in [6, 6.07) is 11.5. The van der Waals surface area contributed by atoms with Crippen molar-refractivity contribution in [2.45, 2.75) is 13.5 Å². The van der Waals surface area contributed by atoms with Crippen LogP contribution in [0.1, 0.15) is 33.2 Å². The van der Waals surface area contributed by atoms with Gasteiger partial charge in [0.1, 0.15) is 18.1 Å². The van der Waals surface area contributed by atoms with Gasteiger partial charge in [0, 0.05) is 6.07 Å². The Labute approximate surface area is 128 Å². The minimum absolute atomic E-state index is 0.0762. The average Bonchev–Trinajstić information content (AvgIpc) is 2.52. The number of hydrogen-bond donors (Lipinski definition) is 1. The largest absolute Gasteiger partial charge is 0.496 e. The van der Waals surface area contributed by atoms with Gasteiger partial charge in [0.25, 0.3) is 0 Å². The topological polar surface area (TPSA) is 72.8 Å². The fourth-order valence-electron chi connectivity index (χ4n) is 1.96. The molecule has 0 saturated heterocycles. The number of carboxylic acid groups (broad SMARTS) is 1. The van der Waals surface area contributed by atoms with E-state index in [1.165, 1.54) is 26.2 Å². The van der Waals surface area contributed by atoms with Crippen LogP contribution in [0, 0.1) is 0 Å². The van der Waals surface area contributed by atoms with E-state index in [-0.39, 0.29) is 11.3 Å². The Morgan fingerprint density at radius 1 is 1.09 bits per heavy atom. The lowest BCUT2D eigenvalue weighted by Gasteiger charge is -2.10. The maximum Gasteiger partial charge on any atom is 0.335 e. The van der Waals surface area contributed by atoms with Crippen molar-refractivity contribution < 1.29 is 24.2 Å². The van der Waals surface area contributed by atoms with E-state index in [0.717, 1.165) is 5.56 Å². The zero-order valence-corrected chi connectivity index (χ0v) is 12.3. The summed E-state index contributed by atoms with van der Waals surface area (Å²) in [4.78, 5) is 22.2. The van der Waals surface area contributed by atoms with E-state index >= 15 is 0 Å². The highest BCUT2D eigenvalue weighted by Crippen LogP contribution is 2.25. The van der Waals surface area contributed by atoms with Gasteiger partial charge in [0.15, 0.2) is 5.78 Å². The first-order valence-corrected chi connectivity index (χ1v) is 6.65. The fraction of sp³-hybridized carbons (Fsp3) is 0.176. The fourth-order valence-corrected chi connectivity index (χ4v) is 1.96. The van der Waals surface area contributed by atoms with Gasteiger partial charge in [-0.05, 0) is 36.8 Å². The molecule has 0 unspecified atom stereocenters. The van der Waals surface area contributed by atoms with Crippen LogP contribution in [0.4, 0.5) is 0 Å². The summed E-state index contributed by atoms with van der Waals surface area (Å²) in [5, 5.41) is 8.84. The smallest absolute Gasteiger partial charge is 0.335 e. The Morgan fingerprint density at radius 2 is 1.77 bits per heavy atom. The molecule has 22 heavy (non-hydrogen) atoms. The molecule has 0 saturated carbocycles. The van der Waals surface area contributed by atoms with Crippen LogP contribution in [0.3, 0.4) is 0 Å². The maximum atomic E-state index is 11.4. The monoisotopic (exact) mass is 300 g/mol. The maximum absolute atomic E-state index is 11.4. The van der Waals surface area contributed by atoms with Crippen LogP contribution in [0.25, 0.3) is 0 Å². The molecule has 0 aliphatic carbocycles. The summed E-state index contributed by atoms with van der Waals surface area (Å²) in [5.41, 5.74) is 1.58. The Bertz CT molecular complexity index is 689. The molecular formula is C17H16O5. The van der Waals surface area contributed by atoms with Crippen molar-refractivity contribution in [2.24, 2.45) is 0 Å². The molecular weight excluding hydrogens is 284 g/mol. The first-order chi connectivity index (χ1) is 10.5. The summed E-state index contributed by atoms with van der Waals surface area (Å²) >= 11 is 0. The highest BCUT2D eigenvalue weighted by atomic mass is 16.5. The van der Waals surface area contributed by atoms with Gasteiger partial charge < -0.3 is 14.6 Å². The zero-order chi connectivity index (χ0) is 16.1. The second-order valence-electron chi connectivity index (χ2n) is 4.71. The molecule has 0 bridgehead atoms. The van der Waals surface area contributed by atoms with Crippen LogP contribution in [0.15, 0.2) is 42.5 Å². The second-order valence-corrected chi connectivity index (χ2v) is 4.71. The summed E-state index contributed by atoms with van der Waals surface area (Å²) in [5.74, 6) is 0.0000666. The van der Waals surface area contributed by atoms with Crippen molar-refractivity contribution >= 4 is 11.8 Å². The van der Waals surface area contributed by atoms with Crippen LogP contribution in [-0.4, -0.2) is 24.0 Å². The number of aromatic carboxylic acids is 1. The van der Waals surface area contributed by atoms with Gasteiger partial charge in [-0.25, -0.2) is 4.79 Å². The summed E-state index contributed by atoms with van der Waals surface area (Å²) in [6.45, 7) is 1.77. The van der Waals surface area contributed by atoms with E-state index in [9.17, 15) is 9.59 Å². The normalized spacial score (nSPS) is 10.1. The predicted octanol–water partition coefficient (Wildman–Crippen LogP) is 3.18. The summed E-state index contributed by atoms with van der Waals surface area (Å²) in [6.07, 6.45) is 0. The second kappa shape index (κ2) is 6.76. The van der Waals surface area contributed by atoms with Gasteiger partial charge in [-0.1, -0.05) is 12.1 Å². The first kappa shape index (κ1) is 15.6. The van der Waals surface area contributed by atoms with E-state index in [4.69, 9.17) is 14.6 Å². The van der Waals surface area contributed by atoms with Gasteiger partial charge in [-0.2, -0.15) is 0 Å². The predicted molar refractivity (Wildman–Crippen MR) is 80.7 cm³/mol. The number of carbonyl (C=O) groups is 2. The number of rotatable bonds is 6. The minimum Gasteiger partial charge on any atom is -0.496 e. The molecule has 2 rings (SSSR count). The summed E-state index contributed by atoms with van der Waals surface area (Å²) < 4.78 is 10.8. The molecule has 0 radical (unpaired) electrons. The number of ether oxygens (including phenoxy) is 2. The molecule has 0 amide bonds. The van der Waals surface area contributed by atoms with E-state index in [2.05, 4.69) is 0 Å². The van der Waals surface area contributed by atoms with Crippen molar-refractivity contribution in [3.05, 3.63) is 59.2 Å². The zero-order valence-electron chi connectivity index (χ0n) is 12.3. The molecule has 5 nitrogen and oxygen atoms in total. The van der Waals surface area contributed by atoms with Gasteiger partial charge in [0.05, 0.1) is 18.2 Å². The van der Waals surface area contributed by atoms with Crippen LogP contribution in [0.2, 0.25) is 0 Å². The van der Waals surface area contributed by atoms with E-state index in [1.54, 1.807) is 30.3 Å².